The van der Waals surface area contributed by atoms with E-state index in [0.717, 1.165) is 5.56 Å². The predicted octanol–water partition coefficient (Wildman–Crippen LogP) is 2.40. The number of nitrogens with zero attached hydrogens (tertiary/aromatic N) is 1. The number of sulfonamides is 1. The zero-order chi connectivity index (χ0) is 12.3. The van der Waals surface area contributed by atoms with Crippen LogP contribution in [0.1, 0.15) is 11.3 Å². The smallest absolute Gasteiger partial charge is 0.282 e. The van der Waals surface area contributed by atoms with Gasteiger partial charge in [-0.1, -0.05) is 17.7 Å². The number of aryl methyl sites for hydroxylation is 1. The van der Waals surface area contributed by atoms with Crippen LogP contribution in [-0.4, -0.2) is 14.6 Å². The molecule has 0 radical (unpaired) electrons. The lowest BCUT2D eigenvalue weighted by molar-refractivity contribution is 0.560. The average Bonchev–Trinajstić information content (AvgIpc) is 2.80. The van der Waals surface area contributed by atoms with E-state index in [1.165, 1.54) is 24.6 Å². The zero-order valence-electron chi connectivity index (χ0n) is 9.20. The van der Waals surface area contributed by atoms with Gasteiger partial charge in [-0.25, -0.2) is 0 Å². The number of hydrogen-bond acceptors (Lipinski definition) is 3. The Morgan fingerprint density at radius 3 is 2.47 bits per heavy atom. The molecule has 1 heterocycles. The first-order chi connectivity index (χ1) is 8.08. The first-order valence-electron chi connectivity index (χ1n) is 4.98. The van der Waals surface area contributed by atoms with Crippen LogP contribution in [-0.2, 0) is 10.0 Å². The average molecular weight is 249 g/mol. The number of hydrogen-bond donors (Lipinski definition) is 0. The summed E-state index contributed by atoms with van der Waals surface area (Å²) in [4.78, 5) is 0.172. The van der Waals surface area contributed by atoms with Crippen molar-refractivity contribution in [3.05, 3.63) is 54.0 Å². The van der Waals surface area contributed by atoms with Crippen molar-refractivity contribution in [2.24, 2.45) is 4.40 Å². The second-order valence-corrected chi connectivity index (χ2v) is 5.17. The van der Waals surface area contributed by atoms with Crippen LogP contribution in [0.15, 0.2) is 56.4 Å². The van der Waals surface area contributed by atoms with Crippen molar-refractivity contribution in [2.75, 3.05) is 0 Å². The lowest BCUT2D eigenvalue weighted by atomic mass is 10.2. The van der Waals surface area contributed by atoms with Crippen molar-refractivity contribution in [3.63, 3.8) is 0 Å². The summed E-state index contributed by atoms with van der Waals surface area (Å²) in [6, 6.07) is 9.83. The van der Waals surface area contributed by atoms with Crippen LogP contribution in [0.5, 0.6) is 0 Å². The summed E-state index contributed by atoms with van der Waals surface area (Å²) in [6.45, 7) is 1.89. The Morgan fingerprint density at radius 1 is 1.18 bits per heavy atom. The summed E-state index contributed by atoms with van der Waals surface area (Å²) < 4.78 is 32.1. The normalized spacial score (nSPS) is 12.1. The summed E-state index contributed by atoms with van der Waals surface area (Å²) in [7, 11) is -3.64. The molecule has 0 aliphatic heterocycles. The second kappa shape index (κ2) is 4.55. The molecule has 0 atom stereocenters. The van der Waals surface area contributed by atoms with Gasteiger partial charge in [-0.05, 0) is 31.2 Å². The molecule has 5 heteroatoms. The molecule has 4 nitrogen and oxygen atoms in total. The minimum absolute atomic E-state index is 0.172. The summed E-state index contributed by atoms with van der Waals surface area (Å²) >= 11 is 0. The first kappa shape index (κ1) is 11.6. The second-order valence-electron chi connectivity index (χ2n) is 3.54. The summed E-state index contributed by atoms with van der Waals surface area (Å²) in [5.74, 6) is 0.403. The molecule has 0 aliphatic carbocycles. The van der Waals surface area contributed by atoms with Crippen molar-refractivity contribution < 1.29 is 12.8 Å². The van der Waals surface area contributed by atoms with Gasteiger partial charge in [0.15, 0.2) is 0 Å². The van der Waals surface area contributed by atoms with Gasteiger partial charge in [0.1, 0.15) is 5.76 Å². The van der Waals surface area contributed by atoms with Crippen molar-refractivity contribution >= 4 is 16.2 Å². The highest BCUT2D eigenvalue weighted by Crippen LogP contribution is 2.13. The molecule has 0 N–H and O–H groups in total. The molecular formula is C12H11NO3S. The third-order valence-corrected chi connectivity index (χ3v) is 3.43. The van der Waals surface area contributed by atoms with Gasteiger partial charge in [0.25, 0.3) is 10.0 Å². The van der Waals surface area contributed by atoms with E-state index < -0.39 is 10.0 Å². The zero-order valence-corrected chi connectivity index (χ0v) is 10.0. The quantitative estimate of drug-likeness (QED) is 0.785. The maximum absolute atomic E-state index is 11.8. The van der Waals surface area contributed by atoms with Crippen molar-refractivity contribution in [2.45, 2.75) is 11.8 Å². The topological polar surface area (TPSA) is 59.6 Å². The highest BCUT2D eigenvalue weighted by molar-refractivity contribution is 7.90. The molecule has 17 heavy (non-hydrogen) atoms. The van der Waals surface area contributed by atoms with Crippen LogP contribution in [0.3, 0.4) is 0 Å². The third-order valence-electron chi connectivity index (χ3n) is 2.18. The van der Waals surface area contributed by atoms with Gasteiger partial charge in [0, 0.05) is 0 Å². The number of rotatable bonds is 3. The fourth-order valence-electron chi connectivity index (χ4n) is 1.26. The molecule has 88 valence electrons. The maximum Gasteiger partial charge on any atom is 0.282 e. The van der Waals surface area contributed by atoms with E-state index >= 15 is 0 Å². The van der Waals surface area contributed by atoms with Crippen molar-refractivity contribution in [1.29, 1.82) is 0 Å². The SMILES string of the molecule is Cc1ccc(S(=O)(=O)/N=C/c2ccco2)cc1. The van der Waals surface area contributed by atoms with E-state index in [9.17, 15) is 8.42 Å². The lowest BCUT2D eigenvalue weighted by Gasteiger charge is -1.98. The van der Waals surface area contributed by atoms with Crippen LogP contribution in [0.4, 0.5) is 0 Å². The summed E-state index contributed by atoms with van der Waals surface area (Å²) in [5.41, 5.74) is 0.999. The van der Waals surface area contributed by atoms with Gasteiger partial charge in [-0.15, -0.1) is 0 Å². The molecule has 0 spiro atoms. The first-order valence-corrected chi connectivity index (χ1v) is 6.42. The Bertz CT molecular complexity index is 610. The van der Waals surface area contributed by atoms with E-state index in [4.69, 9.17) is 4.42 Å². The molecule has 1 aromatic carbocycles. The van der Waals surface area contributed by atoms with Crippen LogP contribution in [0, 0.1) is 6.92 Å². The Hall–Kier alpha value is -1.88. The van der Waals surface area contributed by atoms with E-state index in [1.54, 1.807) is 24.3 Å². The van der Waals surface area contributed by atoms with Gasteiger partial charge >= 0.3 is 0 Å². The highest BCUT2D eigenvalue weighted by atomic mass is 32.2. The maximum atomic E-state index is 11.8. The molecule has 0 saturated heterocycles. The van der Waals surface area contributed by atoms with Gasteiger partial charge in [-0.2, -0.15) is 12.8 Å². The number of furan rings is 1. The van der Waals surface area contributed by atoms with Crippen molar-refractivity contribution in [1.82, 2.24) is 0 Å². The Balaban J connectivity index is 2.28. The lowest BCUT2D eigenvalue weighted by Crippen LogP contribution is -1.97. The van der Waals surface area contributed by atoms with E-state index in [-0.39, 0.29) is 4.90 Å². The van der Waals surface area contributed by atoms with Gasteiger partial charge in [0.2, 0.25) is 0 Å². The Labute approximate surface area is 99.7 Å². The molecule has 1 aromatic heterocycles. The largest absolute Gasteiger partial charge is 0.463 e. The Morgan fingerprint density at radius 2 is 1.88 bits per heavy atom. The minimum atomic E-state index is -3.64. The summed E-state index contributed by atoms with van der Waals surface area (Å²) in [5, 5.41) is 0. The fraction of sp³-hybridized carbons (Fsp3) is 0.0833. The molecule has 0 saturated carbocycles. The Kier molecular flexibility index (Phi) is 3.10. The molecule has 0 bridgehead atoms. The molecule has 0 unspecified atom stereocenters. The van der Waals surface area contributed by atoms with Gasteiger partial charge in [-0.3, -0.25) is 0 Å². The standard InChI is InChI=1S/C12H11NO3S/c1-10-4-6-12(7-5-10)17(14,15)13-9-11-3-2-8-16-11/h2-9H,1H3/b13-9+. The molecule has 2 rings (SSSR count). The fourth-order valence-corrected chi connectivity index (χ4v) is 2.10. The third kappa shape index (κ3) is 2.82. The van der Waals surface area contributed by atoms with Crippen molar-refractivity contribution in [3.8, 4) is 0 Å². The van der Waals surface area contributed by atoms with Crippen LogP contribution >= 0.6 is 0 Å². The molecule has 0 fully saturated rings. The van der Waals surface area contributed by atoms with Gasteiger partial charge < -0.3 is 4.42 Å². The highest BCUT2D eigenvalue weighted by Gasteiger charge is 2.10. The van der Waals surface area contributed by atoms with E-state index in [0.29, 0.717) is 5.76 Å². The summed E-state index contributed by atoms with van der Waals surface area (Å²) in [6.07, 6.45) is 2.65. The van der Waals surface area contributed by atoms with Crippen LogP contribution in [0.25, 0.3) is 0 Å². The van der Waals surface area contributed by atoms with E-state index in [2.05, 4.69) is 4.40 Å². The van der Waals surface area contributed by atoms with E-state index in [1.807, 2.05) is 6.92 Å². The molecular weight excluding hydrogens is 238 g/mol. The molecule has 0 amide bonds. The number of benzene rings is 1. The van der Waals surface area contributed by atoms with Crippen LogP contribution in [0.2, 0.25) is 0 Å². The monoisotopic (exact) mass is 249 g/mol. The minimum Gasteiger partial charge on any atom is -0.463 e. The molecule has 2 aromatic rings. The van der Waals surface area contributed by atoms with Crippen LogP contribution < -0.4 is 0 Å². The van der Waals surface area contributed by atoms with Gasteiger partial charge in [0.05, 0.1) is 17.4 Å². The molecule has 0 aliphatic rings. The predicted molar refractivity (Wildman–Crippen MR) is 64.7 cm³/mol.